The second-order valence-corrected chi connectivity index (χ2v) is 9.17. The quantitative estimate of drug-likeness (QED) is 0.742. The minimum absolute atomic E-state index is 0.0731. The first-order valence-electron chi connectivity index (χ1n) is 7.52. The molecular formula is C17H19NO6S2. The Labute approximate surface area is 155 Å². The third-order valence-electron chi connectivity index (χ3n) is 3.80. The summed E-state index contributed by atoms with van der Waals surface area (Å²) in [5.74, 6) is -1.11. The van der Waals surface area contributed by atoms with Crippen LogP contribution in [0.15, 0.2) is 39.9 Å². The normalized spacial score (nSPS) is 13.7. The number of rotatable bonds is 7. The molecule has 0 bridgehead atoms. The van der Waals surface area contributed by atoms with Crippen LogP contribution in [0.2, 0.25) is 0 Å². The van der Waals surface area contributed by atoms with Crippen molar-refractivity contribution in [2.75, 3.05) is 13.4 Å². The number of methoxy groups -OCH3 is 1. The smallest absolute Gasteiger partial charge is 0.306 e. The Morgan fingerprint density at radius 3 is 2.54 bits per heavy atom. The molecule has 1 heterocycles. The first-order valence-corrected chi connectivity index (χ1v) is 10.3. The number of nitrogens with one attached hydrogen (secondary N) is 1. The van der Waals surface area contributed by atoms with Gasteiger partial charge in [0.15, 0.2) is 9.84 Å². The summed E-state index contributed by atoms with van der Waals surface area (Å²) < 4.78 is 28.4. The number of amides is 1. The fourth-order valence-corrected chi connectivity index (χ4v) is 4.24. The van der Waals surface area contributed by atoms with Crippen molar-refractivity contribution in [2.45, 2.75) is 23.1 Å². The van der Waals surface area contributed by atoms with Gasteiger partial charge < -0.3 is 15.2 Å². The molecule has 2 N–H and O–H groups in total. The van der Waals surface area contributed by atoms with Crippen molar-refractivity contribution >= 4 is 33.1 Å². The highest BCUT2D eigenvalue weighted by molar-refractivity contribution is 7.92. The van der Waals surface area contributed by atoms with E-state index in [1.165, 1.54) is 18.6 Å². The van der Waals surface area contributed by atoms with Crippen molar-refractivity contribution in [2.24, 2.45) is 0 Å². The minimum Gasteiger partial charge on any atom is -0.497 e. The second-order valence-electron chi connectivity index (χ2n) is 6.02. The van der Waals surface area contributed by atoms with Gasteiger partial charge in [0.1, 0.15) is 9.96 Å². The van der Waals surface area contributed by atoms with Gasteiger partial charge in [-0.2, -0.15) is 0 Å². The van der Waals surface area contributed by atoms with Gasteiger partial charge in [0.2, 0.25) is 0 Å². The van der Waals surface area contributed by atoms with Gasteiger partial charge in [0.25, 0.3) is 5.91 Å². The van der Waals surface area contributed by atoms with Gasteiger partial charge in [-0.05, 0) is 30.7 Å². The molecule has 0 fully saturated rings. The zero-order valence-electron chi connectivity index (χ0n) is 14.5. The molecule has 140 valence electrons. The van der Waals surface area contributed by atoms with E-state index >= 15 is 0 Å². The lowest BCUT2D eigenvalue weighted by molar-refractivity contribution is -0.138. The molecule has 2 rings (SSSR count). The molecule has 0 spiro atoms. The molecule has 1 unspecified atom stereocenters. The summed E-state index contributed by atoms with van der Waals surface area (Å²) in [4.78, 5) is 23.9. The molecule has 9 heteroatoms. The largest absolute Gasteiger partial charge is 0.497 e. The lowest BCUT2D eigenvalue weighted by Crippen LogP contribution is -2.45. The number of benzene rings is 1. The third-order valence-corrected chi connectivity index (χ3v) is 6.57. The van der Waals surface area contributed by atoms with Crippen LogP contribution >= 0.6 is 11.3 Å². The summed E-state index contributed by atoms with van der Waals surface area (Å²) in [6.45, 7) is 1.59. The van der Waals surface area contributed by atoms with Crippen LogP contribution in [0.25, 0.3) is 0 Å². The van der Waals surface area contributed by atoms with Gasteiger partial charge in [-0.1, -0.05) is 12.1 Å². The van der Waals surface area contributed by atoms with Gasteiger partial charge in [-0.15, -0.1) is 11.3 Å². The summed E-state index contributed by atoms with van der Waals surface area (Å²) in [5.41, 5.74) is -0.480. The van der Waals surface area contributed by atoms with Crippen molar-refractivity contribution in [1.82, 2.24) is 5.32 Å². The zero-order chi connectivity index (χ0) is 19.5. The van der Waals surface area contributed by atoms with Crippen molar-refractivity contribution in [3.8, 4) is 5.75 Å². The number of hydrogen-bond acceptors (Lipinski definition) is 6. The van der Waals surface area contributed by atoms with E-state index in [0.717, 1.165) is 17.6 Å². The molecule has 0 saturated carbocycles. The molecule has 0 radical (unpaired) electrons. The molecule has 0 saturated heterocycles. The van der Waals surface area contributed by atoms with E-state index in [2.05, 4.69) is 5.32 Å². The Kier molecular flexibility index (Phi) is 5.72. The van der Waals surface area contributed by atoms with E-state index in [1.54, 1.807) is 31.2 Å². The fraction of sp³-hybridized carbons (Fsp3) is 0.294. The maximum Gasteiger partial charge on any atom is 0.306 e. The maximum atomic E-state index is 12.6. The first kappa shape index (κ1) is 19.9. The number of carboxylic acid groups (broad SMARTS) is 1. The topological polar surface area (TPSA) is 110 Å². The summed E-state index contributed by atoms with van der Waals surface area (Å²) in [6.07, 6.45) is 0.709. The predicted molar refractivity (Wildman–Crippen MR) is 97.5 cm³/mol. The van der Waals surface area contributed by atoms with E-state index in [-0.39, 0.29) is 16.2 Å². The Balaban J connectivity index is 2.36. The molecule has 1 aromatic heterocycles. The number of carboxylic acids is 1. The van der Waals surface area contributed by atoms with E-state index in [9.17, 15) is 23.1 Å². The number of thiophene rings is 1. The predicted octanol–water partition coefficient (Wildman–Crippen LogP) is 2.28. The van der Waals surface area contributed by atoms with Crippen LogP contribution in [0.4, 0.5) is 0 Å². The number of carbonyl (C=O) groups is 2. The minimum atomic E-state index is -3.41. The van der Waals surface area contributed by atoms with Crippen LogP contribution in [0.1, 0.15) is 29.3 Å². The van der Waals surface area contributed by atoms with Gasteiger partial charge in [0.05, 0.1) is 24.6 Å². The molecule has 2 aromatic rings. The average Bonchev–Trinajstić information content (AvgIpc) is 3.04. The van der Waals surface area contributed by atoms with Gasteiger partial charge in [-0.25, -0.2) is 8.42 Å². The number of ether oxygens (including phenoxy) is 1. The molecule has 1 atom stereocenters. The molecule has 1 amide bonds. The molecule has 0 aliphatic rings. The highest BCUT2D eigenvalue weighted by Gasteiger charge is 2.32. The van der Waals surface area contributed by atoms with Gasteiger partial charge in [-0.3, -0.25) is 9.59 Å². The SMILES string of the molecule is COc1cccc(C(C)(CC(=O)O)NC(=O)c2csc(S(C)(=O)=O)c2)c1. The molecule has 7 nitrogen and oxygen atoms in total. The molecular weight excluding hydrogens is 378 g/mol. The Morgan fingerprint density at radius 1 is 1.31 bits per heavy atom. The number of carbonyl (C=O) groups excluding carboxylic acids is 1. The van der Waals surface area contributed by atoms with Crippen LogP contribution in [-0.4, -0.2) is 38.8 Å². The summed E-state index contributed by atoms with van der Waals surface area (Å²) >= 11 is 0.941. The van der Waals surface area contributed by atoms with Crippen molar-refractivity contribution in [3.05, 3.63) is 46.8 Å². The van der Waals surface area contributed by atoms with E-state index in [0.29, 0.717) is 11.3 Å². The summed E-state index contributed by atoms with van der Waals surface area (Å²) in [5, 5.41) is 13.4. The van der Waals surface area contributed by atoms with Crippen LogP contribution < -0.4 is 10.1 Å². The van der Waals surface area contributed by atoms with Crippen LogP contribution in [0, 0.1) is 0 Å². The van der Waals surface area contributed by atoms with Crippen molar-refractivity contribution in [1.29, 1.82) is 0 Å². The number of hydrogen-bond donors (Lipinski definition) is 2. The molecule has 0 aliphatic carbocycles. The Bertz CT molecular complexity index is 934. The summed E-state index contributed by atoms with van der Waals surface area (Å²) in [7, 11) is -1.92. The van der Waals surface area contributed by atoms with Crippen LogP contribution in [0.5, 0.6) is 5.75 Å². The fourth-order valence-electron chi connectivity index (χ4n) is 2.44. The van der Waals surface area contributed by atoms with Crippen LogP contribution in [-0.2, 0) is 20.2 Å². The van der Waals surface area contributed by atoms with Gasteiger partial charge in [0, 0.05) is 11.6 Å². The Morgan fingerprint density at radius 2 is 2.00 bits per heavy atom. The van der Waals surface area contributed by atoms with Crippen molar-refractivity contribution < 1.29 is 27.9 Å². The first-order chi connectivity index (χ1) is 12.0. The highest BCUT2D eigenvalue weighted by atomic mass is 32.2. The number of sulfone groups is 1. The average molecular weight is 397 g/mol. The van der Waals surface area contributed by atoms with E-state index < -0.39 is 27.3 Å². The lowest BCUT2D eigenvalue weighted by Gasteiger charge is -2.30. The van der Waals surface area contributed by atoms with Crippen LogP contribution in [0.3, 0.4) is 0 Å². The molecule has 1 aromatic carbocycles. The highest BCUT2D eigenvalue weighted by Crippen LogP contribution is 2.29. The summed E-state index contributed by atoms with van der Waals surface area (Å²) in [6, 6.07) is 8.04. The van der Waals surface area contributed by atoms with E-state index in [4.69, 9.17) is 4.74 Å². The van der Waals surface area contributed by atoms with Gasteiger partial charge >= 0.3 is 5.97 Å². The maximum absolute atomic E-state index is 12.6. The van der Waals surface area contributed by atoms with Crippen molar-refractivity contribution in [3.63, 3.8) is 0 Å². The third kappa shape index (κ3) is 4.61. The second kappa shape index (κ2) is 7.46. The standard InChI is InChI=1S/C17H19NO6S2/c1-17(9-14(19)20,12-5-4-6-13(8-12)24-2)18-16(21)11-7-15(25-10-11)26(3,22)23/h4-8,10H,9H2,1-3H3,(H,18,21)(H,19,20). The molecule has 0 aliphatic heterocycles. The molecule has 26 heavy (non-hydrogen) atoms. The lowest BCUT2D eigenvalue weighted by atomic mass is 9.88. The monoisotopic (exact) mass is 397 g/mol. The van der Waals surface area contributed by atoms with E-state index in [1.807, 2.05) is 0 Å². The Hall–Kier alpha value is -2.39. The zero-order valence-corrected chi connectivity index (χ0v) is 16.1. The number of aliphatic carboxylic acids is 1.